The van der Waals surface area contributed by atoms with Gasteiger partial charge in [-0.05, 0) is 151 Å². The summed E-state index contributed by atoms with van der Waals surface area (Å²) in [5.41, 5.74) is 1.96. The summed E-state index contributed by atoms with van der Waals surface area (Å²) < 4.78 is 0. The standard InChI is InChI=1S/2C13H28N2.C12H26N2/c1-11-10-14(12(2,3)4)8-9-15(11)13(5,6)7;1-12(2,3)14-8-7-9-15(11-10-14)13(4,5)6;1-11(2,3)13-7-9-14(10-8-13)12(4,5)6/h11H,8-10H2,1-7H3;7-11H2,1-6H3;7-10H2,1-6H3. The van der Waals surface area contributed by atoms with E-state index in [9.17, 15) is 0 Å². The van der Waals surface area contributed by atoms with E-state index in [0.717, 1.165) is 0 Å². The number of hydrogen-bond donors (Lipinski definition) is 0. The summed E-state index contributed by atoms with van der Waals surface area (Å²) in [5.74, 6) is 0. The molecule has 3 saturated heterocycles. The molecule has 1 unspecified atom stereocenters. The van der Waals surface area contributed by atoms with Gasteiger partial charge in [0.2, 0.25) is 0 Å². The quantitative estimate of drug-likeness (QED) is 0.279. The molecule has 0 aliphatic carbocycles. The average Bonchev–Trinajstić information content (AvgIpc) is 3.10. The van der Waals surface area contributed by atoms with Crippen LogP contribution in [0.3, 0.4) is 0 Å². The first-order valence-corrected chi connectivity index (χ1v) is 18.1. The molecule has 3 aliphatic heterocycles. The molecule has 0 aromatic carbocycles. The van der Waals surface area contributed by atoms with Gasteiger partial charge in [-0.15, -0.1) is 0 Å². The molecular weight excluding hydrogens is 540 g/mol. The smallest absolute Gasteiger partial charge is 0.0200 e. The number of hydrogen-bond acceptors (Lipinski definition) is 6. The van der Waals surface area contributed by atoms with Gasteiger partial charge in [-0.1, -0.05) is 0 Å². The minimum absolute atomic E-state index is 0.309. The summed E-state index contributed by atoms with van der Waals surface area (Å²) in [6, 6.07) is 0.665. The Morgan fingerprint density at radius 2 is 0.568 bits per heavy atom. The normalized spacial score (nSPS) is 24.2. The molecule has 0 radical (unpaired) electrons. The lowest BCUT2D eigenvalue weighted by Gasteiger charge is -2.50. The van der Waals surface area contributed by atoms with E-state index in [1.807, 2.05) is 0 Å². The summed E-state index contributed by atoms with van der Waals surface area (Å²) in [7, 11) is 0. The Bertz CT molecular complexity index is 743. The van der Waals surface area contributed by atoms with Crippen LogP contribution in [0.2, 0.25) is 0 Å². The van der Waals surface area contributed by atoms with Crippen molar-refractivity contribution in [1.82, 2.24) is 29.4 Å². The Balaban J connectivity index is 0.000000330. The Morgan fingerprint density at radius 1 is 0.318 bits per heavy atom. The minimum Gasteiger partial charge on any atom is -0.297 e. The van der Waals surface area contributed by atoms with E-state index in [2.05, 4.69) is 161 Å². The van der Waals surface area contributed by atoms with E-state index in [4.69, 9.17) is 0 Å². The summed E-state index contributed by atoms with van der Waals surface area (Å²) in [4.78, 5) is 15.6. The first-order valence-electron chi connectivity index (χ1n) is 18.1. The van der Waals surface area contributed by atoms with Crippen molar-refractivity contribution in [3.8, 4) is 0 Å². The molecule has 0 amide bonds. The molecular formula is C38H82N6. The van der Waals surface area contributed by atoms with Crippen LogP contribution in [0.15, 0.2) is 0 Å². The van der Waals surface area contributed by atoms with Crippen molar-refractivity contribution in [2.45, 2.75) is 177 Å². The van der Waals surface area contributed by atoms with E-state index in [-0.39, 0.29) is 0 Å². The molecule has 6 nitrogen and oxygen atoms in total. The molecule has 44 heavy (non-hydrogen) atoms. The summed E-state index contributed by atoms with van der Waals surface area (Å²) in [6.45, 7) is 57.3. The van der Waals surface area contributed by atoms with Crippen LogP contribution in [0.25, 0.3) is 0 Å². The molecule has 0 N–H and O–H groups in total. The van der Waals surface area contributed by atoms with Crippen LogP contribution >= 0.6 is 0 Å². The predicted octanol–water partition coefficient (Wildman–Crippen LogP) is 7.38. The van der Waals surface area contributed by atoms with Crippen molar-refractivity contribution >= 4 is 0 Å². The van der Waals surface area contributed by atoms with Crippen LogP contribution in [-0.2, 0) is 0 Å². The molecule has 264 valence electrons. The minimum atomic E-state index is 0.309. The molecule has 0 spiro atoms. The third-order valence-corrected chi connectivity index (χ3v) is 10.0. The topological polar surface area (TPSA) is 19.4 Å². The third-order valence-electron chi connectivity index (χ3n) is 10.0. The van der Waals surface area contributed by atoms with Crippen LogP contribution in [0.4, 0.5) is 0 Å². The van der Waals surface area contributed by atoms with Gasteiger partial charge in [-0.2, -0.15) is 0 Å². The first kappa shape index (κ1) is 41.8. The highest BCUT2D eigenvalue weighted by atomic mass is 15.3. The molecule has 0 aromatic rings. The van der Waals surface area contributed by atoms with E-state index in [1.54, 1.807) is 0 Å². The molecule has 1 atom stereocenters. The zero-order valence-corrected chi connectivity index (χ0v) is 33.7. The van der Waals surface area contributed by atoms with E-state index in [0.29, 0.717) is 39.3 Å². The fourth-order valence-electron chi connectivity index (χ4n) is 6.87. The highest BCUT2D eigenvalue weighted by Gasteiger charge is 2.35. The van der Waals surface area contributed by atoms with Crippen molar-refractivity contribution in [3.63, 3.8) is 0 Å². The maximum absolute atomic E-state index is 2.62. The molecule has 0 aromatic heterocycles. The summed E-state index contributed by atoms with van der Waals surface area (Å²) >= 11 is 0. The summed E-state index contributed by atoms with van der Waals surface area (Å²) in [5, 5.41) is 0. The Morgan fingerprint density at radius 3 is 0.795 bits per heavy atom. The maximum atomic E-state index is 2.62. The van der Waals surface area contributed by atoms with Crippen molar-refractivity contribution in [2.75, 3.05) is 72.0 Å². The highest BCUT2D eigenvalue weighted by Crippen LogP contribution is 2.25. The molecule has 3 rings (SSSR count). The van der Waals surface area contributed by atoms with Gasteiger partial charge >= 0.3 is 0 Å². The zero-order valence-electron chi connectivity index (χ0n) is 33.7. The second-order valence-electron chi connectivity index (χ2n) is 19.8. The number of piperazine rings is 2. The lowest BCUT2D eigenvalue weighted by atomic mass is 9.97. The van der Waals surface area contributed by atoms with Gasteiger partial charge < -0.3 is 0 Å². The number of rotatable bonds is 0. The Kier molecular flexibility index (Phi) is 15.0. The molecule has 3 aliphatic rings. The van der Waals surface area contributed by atoms with Crippen molar-refractivity contribution in [1.29, 1.82) is 0 Å². The summed E-state index contributed by atoms with van der Waals surface area (Å²) in [6.07, 6.45) is 1.30. The van der Waals surface area contributed by atoms with Crippen LogP contribution < -0.4 is 0 Å². The SMILES string of the molecule is CC(C)(C)N1CCCN(C(C)(C)C)CC1.CC(C)(C)N1CCN(C(C)(C)C)CC1.CC1CN(C(C)(C)C)CCN1C(C)(C)C. The fraction of sp³-hybridized carbons (Fsp3) is 1.00. The van der Waals surface area contributed by atoms with Crippen LogP contribution in [-0.4, -0.2) is 141 Å². The molecule has 3 fully saturated rings. The largest absolute Gasteiger partial charge is 0.297 e. The second-order valence-corrected chi connectivity index (χ2v) is 19.8. The fourth-order valence-corrected chi connectivity index (χ4v) is 6.87. The van der Waals surface area contributed by atoms with Gasteiger partial charge in [-0.25, -0.2) is 0 Å². The first-order chi connectivity index (χ1) is 19.5. The number of nitrogens with zero attached hydrogens (tertiary/aromatic N) is 6. The molecule has 6 heteroatoms. The molecule has 0 bridgehead atoms. The van der Waals surface area contributed by atoms with Gasteiger partial charge in [0.1, 0.15) is 0 Å². The highest BCUT2D eigenvalue weighted by molar-refractivity contribution is 4.91. The van der Waals surface area contributed by atoms with Crippen molar-refractivity contribution in [3.05, 3.63) is 0 Å². The van der Waals surface area contributed by atoms with E-state index in [1.165, 1.54) is 78.4 Å². The van der Waals surface area contributed by atoms with Crippen molar-refractivity contribution in [2.24, 2.45) is 0 Å². The average molecular weight is 623 g/mol. The van der Waals surface area contributed by atoms with Crippen molar-refractivity contribution < 1.29 is 0 Å². The third kappa shape index (κ3) is 14.3. The van der Waals surface area contributed by atoms with Gasteiger partial charge in [0.05, 0.1) is 0 Å². The Hall–Kier alpha value is -0.240. The van der Waals surface area contributed by atoms with Crippen LogP contribution in [0.1, 0.15) is 138 Å². The molecule has 3 heterocycles. The lowest BCUT2D eigenvalue weighted by molar-refractivity contribution is -0.0152. The van der Waals surface area contributed by atoms with E-state index < -0.39 is 0 Å². The van der Waals surface area contributed by atoms with Crippen LogP contribution in [0, 0.1) is 0 Å². The monoisotopic (exact) mass is 623 g/mol. The Labute approximate surface area is 278 Å². The predicted molar refractivity (Wildman–Crippen MR) is 197 cm³/mol. The van der Waals surface area contributed by atoms with Gasteiger partial charge in [0, 0.05) is 98.2 Å². The van der Waals surface area contributed by atoms with Crippen LogP contribution in [0.5, 0.6) is 0 Å². The second kappa shape index (κ2) is 15.8. The van der Waals surface area contributed by atoms with Gasteiger partial charge in [0.25, 0.3) is 0 Å². The lowest BCUT2D eigenvalue weighted by Crippen LogP contribution is -2.61. The molecule has 0 saturated carbocycles. The van der Waals surface area contributed by atoms with Gasteiger partial charge in [0.15, 0.2) is 0 Å². The van der Waals surface area contributed by atoms with Gasteiger partial charge in [-0.3, -0.25) is 29.4 Å². The maximum Gasteiger partial charge on any atom is 0.0200 e. The van der Waals surface area contributed by atoms with E-state index >= 15 is 0 Å². The zero-order chi connectivity index (χ0) is 34.5.